The maximum Gasteiger partial charge on any atom is 0.416 e. The third-order valence-electron chi connectivity index (χ3n) is 4.64. The first-order valence-electron chi connectivity index (χ1n) is 8.75. The minimum Gasteiger partial charge on any atom is -0.340 e. The van der Waals surface area contributed by atoms with Crippen molar-refractivity contribution in [2.45, 2.75) is 18.9 Å². The highest BCUT2D eigenvalue weighted by atomic mass is 35.5. The second kappa shape index (κ2) is 7.56. The van der Waals surface area contributed by atoms with Crippen molar-refractivity contribution in [1.29, 1.82) is 0 Å². The standard InChI is InChI=1S/C20H9ClF6N4O/c1-28-14-4-5-15-11(17(14)20(25,26)27)6-7-31(15)9-16-29-18(32-30-16)12-8-10(19(22,23)24)2-3-13(12)21/h2-8H,9H2. The quantitative estimate of drug-likeness (QED) is 0.240. The van der Waals surface area contributed by atoms with Crippen molar-refractivity contribution < 1.29 is 30.9 Å². The minimum absolute atomic E-state index is 0.00814. The van der Waals surface area contributed by atoms with Gasteiger partial charge in [0.15, 0.2) is 11.5 Å². The van der Waals surface area contributed by atoms with E-state index in [0.717, 1.165) is 24.3 Å². The third kappa shape index (κ3) is 3.89. The predicted octanol–water partition coefficient (Wildman–Crippen LogP) is 6.98. The van der Waals surface area contributed by atoms with Gasteiger partial charge in [-0.1, -0.05) is 22.8 Å². The van der Waals surface area contributed by atoms with E-state index in [-0.39, 0.29) is 39.7 Å². The molecular formula is C20H9ClF6N4O. The fourth-order valence-electron chi connectivity index (χ4n) is 3.24. The van der Waals surface area contributed by atoms with E-state index >= 15 is 0 Å². The van der Waals surface area contributed by atoms with E-state index in [1.165, 1.54) is 22.9 Å². The molecule has 4 rings (SSSR count). The number of aromatic nitrogens is 3. The molecule has 164 valence electrons. The molecule has 0 aliphatic carbocycles. The van der Waals surface area contributed by atoms with Crippen LogP contribution in [0.1, 0.15) is 17.0 Å². The third-order valence-corrected chi connectivity index (χ3v) is 4.97. The van der Waals surface area contributed by atoms with Gasteiger partial charge in [0.25, 0.3) is 5.89 Å². The molecule has 32 heavy (non-hydrogen) atoms. The van der Waals surface area contributed by atoms with Gasteiger partial charge in [-0.2, -0.15) is 31.3 Å². The zero-order valence-electron chi connectivity index (χ0n) is 15.6. The highest BCUT2D eigenvalue weighted by molar-refractivity contribution is 6.33. The van der Waals surface area contributed by atoms with Crippen LogP contribution in [0, 0.1) is 6.57 Å². The van der Waals surface area contributed by atoms with Gasteiger partial charge in [0, 0.05) is 17.1 Å². The number of rotatable bonds is 3. The fourth-order valence-corrected chi connectivity index (χ4v) is 3.43. The van der Waals surface area contributed by atoms with Crippen molar-refractivity contribution in [2.24, 2.45) is 0 Å². The van der Waals surface area contributed by atoms with E-state index in [4.69, 9.17) is 22.7 Å². The van der Waals surface area contributed by atoms with Gasteiger partial charge in [-0.05, 0) is 30.3 Å². The van der Waals surface area contributed by atoms with Crippen molar-refractivity contribution in [2.75, 3.05) is 0 Å². The number of benzene rings is 2. The molecule has 0 saturated carbocycles. The number of halogens is 7. The summed E-state index contributed by atoms with van der Waals surface area (Å²) in [7, 11) is 0. The normalized spacial score (nSPS) is 12.3. The molecule has 0 unspecified atom stereocenters. The lowest BCUT2D eigenvalue weighted by Gasteiger charge is -2.11. The van der Waals surface area contributed by atoms with E-state index in [1.54, 1.807) is 0 Å². The van der Waals surface area contributed by atoms with Crippen LogP contribution in [0.3, 0.4) is 0 Å². The Bertz CT molecular complexity index is 1360. The van der Waals surface area contributed by atoms with Crippen LogP contribution in [0.2, 0.25) is 5.02 Å². The highest BCUT2D eigenvalue weighted by Crippen LogP contribution is 2.42. The highest BCUT2D eigenvalue weighted by Gasteiger charge is 2.36. The van der Waals surface area contributed by atoms with Crippen LogP contribution in [-0.4, -0.2) is 14.7 Å². The summed E-state index contributed by atoms with van der Waals surface area (Å²) in [6.45, 7) is 6.86. The summed E-state index contributed by atoms with van der Waals surface area (Å²) < 4.78 is 85.8. The first-order valence-corrected chi connectivity index (χ1v) is 9.13. The van der Waals surface area contributed by atoms with Crippen LogP contribution in [0.5, 0.6) is 0 Å². The molecule has 0 amide bonds. The molecule has 0 saturated heterocycles. The number of nitrogens with zero attached hydrogens (tertiary/aromatic N) is 4. The SMILES string of the molecule is [C-]#[N+]c1ccc2c(ccn2Cc2noc(-c3cc(C(F)(F)F)ccc3Cl)n2)c1C(F)(F)F. The number of hydrogen-bond donors (Lipinski definition) is 0. The molecule has 0 N–H and O–H groups in total. The summed E-state index contributed by atoms with van der Waals surface area (Å²) in [6.07, 6.45) is -7.97. The lowest BCUT2D eigenvalue weighted by atomic mass is 10.1. The van der Waals surface area contributed by atoms with Crippen LogP contribution in [0.25, 0.3) is 27.2 Å². The summed E-state index contributed by atoms with van der Waals surface area (Å²) in [4.78, 5) is 6.97. The number of hydrogen-bond acceptors (Lipinski definition) is 3. The summed E-state index contributed by atoms with van der Waals surface area (Å²) in [6, 6.07) is 6.28. The van der Waals surface area contributed by atoms with Crippen LogP contribution in [0.15, 0.2) is 47.1 Å². The number of alkyl halides is 6. The smallest absolute Gasteiger partial charge is 0.340 e. The first kappa shape index (κ1) is 21.7. The topological polar surface area (TPSA) is 48.2 Å². The molecule has 0 aliphatic rings. The molecule has 2 aromatic heterocycles. The molecule has 0 atom stereocenters. The van der Waals surface area contributed by atoms with Crippen LogP contribution >= 0.6 is 11.6 Å². The zero-order valence-corrected chi connectivity index (χ0v) is 16.3. The summed E-state index contributed by atoms with van der Waals surface area (Å²) in [5.74, 6) is -0.257. The molecule has 2 aromatic carbocycles. The van der Waals surface area contributed by atoms with Gasteiger partial charge in [0.1, 0.15) is 0 Å². The Balaban J connectivity index is 1.71. The summed E-state index contributed by atoms with van der Waals surface area (Å²) in [5.41, 5.74) is -2.48. The molecule has 4 aromatic rings. The largest absolute Gasteiger partial charge is 0.416 e. The number of fused-ring (bicyclic) bond motifs is 1. The average Bonchev–Trinajstić information content (AvgIpc) is 3.33. The van der Waals surface area contributed by atoms with Crippen molar-refractivity contribution in [3.05, 3.63) is 76.0 Å². The van der Waals surface area contributed by atoms with Gasteiger partial charge in [-0.3, -0.25) is 0 Å². The average molecular weight is 471 g/mol. The van der Waals surface area contributed by atoms with Crippen molar-refractivity contribution >= 4 is 28.2 Å². The summed E-state index contributed by atoms with van der Waals surface area (Å²) in [5, 5.41) is 3.48. The Morgan fingerprint density at radius 3 is 2.44 bits per heavy atom. The molecular weight excluding hydrogens is 462 g/mol. The Kier molecular flexibility index (Phi) is 5.13. The molecule has 0 radical (unpaired) electrons. The van der Waals surface area contributed by atoms with Crippen molar-refractivity contribution in [1.82, 2.24) is 14.7 Å². The molecule has 5 nitrogen and oxygen atoms in total. The zero-order chi connectivity index (χ0) is 23.3. The van der Waals surface area contributed by atoms with Gasteiger partial charge < -0.3 is 9.09 Å². The second-order valence-electron chi connectivity index (χ2n) is 6.65. The Labute approximate surface area is 180 Å². The van der Waals surface area contributed by atoms with E-state index in [0.29, 0.717) is 0 Å². The van der Waals surface area contributed by atoms with Gasteiger partial charge in [-0.15, -0.1) is 0 Å². The van der Waals surface area contributed by atoms with Gasteiger partial charge >= 0.3 is 12.4 Å². The lowest BCUT2D eigenvalue weighted by Crippen LogP contribution is -2.06. The lowest BCUT2D eigenvalue weighted by molar-refractivity contribution is -0.137. The molecule has 2 heterocycles. The van der Waals surface area contributed by atoms with Crippen molar-refractivity contribution in [3.8, 4) is 11.5 Å². The second-order valence-corrected chi connectivity index (χ2v) is 7.06. The molecule has 0 fully saturated rings. The maximum absolute atomic E-state index is 13.5. The molecule has 0 bridgehead atoms. The van der Waals surface area contributed by atoms with Crippen LogP contribution < -0.4 is 0 Å². The monoisotopic (exact) mass is 470 g/mol. The molecule has 0 spiro atoms. The minimum atomic E-state index is -4.73. The Hall–Kier alpha value is -3.52. The molecule has 12 heteroatoms. The molecule has 0 aliphatic heterocycles. The van der Waals surface area contributed by atoms with Crippen LogP contribution in [0.4, 0.5) is 32.0 Å². The fraction of sp³-hybridized carbons (Fsp3) is 0.150. The first-order chi connectivity index (χ1) is 15.0. The van der Waals surface area contributed by atoms with Gasteiger partial charge in [0.2, 0.25) is 0 Å². The van der Waals surface area contributed by atoms with Gasteiger partial charge in [0.05, 0.1) is 34.8 Å². The Morgan fingerprint density at radius 2 is 1.78 bits per heavy atom. The maximum atomic E-state index is 13.5. The predicted molar refractivity (Wildman–Crippen MR) is 102 cm³/mol. The van der Waals surface area contributed by atoms with E-state index in [1.807, 2.05) is 0 Å². The van der Waals surface area contributed by atoms with E-state index in [2.05, 4.69) is 15.0 Å². The van der Waals surface area contributed by atoms with Gasteiger partial charge in [-0.25, -0.2) is 4.85 Å². The Morgan fingerprint density at radius 1 is 1.03 bits per heavy atom. The van der Waals surface area contributed by atoms with Crippen molar-refractivity contribution in [3.63, 3.8) is 0 Å². The van der Waals surface area contributed by atoms with E-state index in [9.17, 15) is 26.3 Å². The van der Waals surface area contributed by atoms with Crippen LogP contribution in [-0.2, 0) is 18.9 Å². The summed E-state index contributed by atoms with van der Waals surface area (Å²) >= 11 is 5.97. The van der Waals surface area contributed by atoms with E-state index < -0.39 is 29.2 Å².